The molecule has 5 nitrogen and oxygen atoms in total. The third kappa shape index (κ3) is 3.48. The Balaban J connectivity index is 1.75. The molecule has 2 aromatic rings. The normalized spacial score (nSPS) is 14.4. The molecule has 0 unspecified atom stereocenters. The molecule has 1 aromatic heterocycles. The van der Waals surface area contributed by atoms with Gasteiger partial charge in [0.2, 0.25) is 0 Å². The van der Waals surface area contributed by atoms with E-state index in [0.29, 0.717) is 19.6 Å². The summed E-state index contributed by atoms with van der Waals surface area (Å²) in [7, 11) is 1.67. The zero-order valence-electron chi connectivity index (χ0n) is 13.6. The van der Waals surface area contributed by atoms with E-state index in [2.05, 4.69) is 38.9 Å². The molecule has 0 spiro atoms. The lowest BCUT2D eigenvalue weighted by Gasteiger charge is -2.26. The van der Waals surface area contributed by atoms with E-state index < -0.39 is 0 Å². The third-order valence-corrected chi connectivity index (χ3v) is 4.44. The van der Waals surface area contributed by atoms with Crippen molar-refractivity contribution in [1.82, 2.24) is 15.2 Å². The number of fused-ring (bicyclic) bond motifs is 1. The van der Waals surface area contributed by atoms with Crippen molar-refractivity contribution in [3.05, 3.63) is 47.1 Å². The first kappa shape index (κ1) is 16.6. The second-order valence-corrected chi connectivity index (χ2v) is 6.84. The van der Waals surface area contributed by atoms with Gasteiger partial charge in [0.1, 0.15) is 5.75 Å². The van der Waals surface area contributed by atoms with Crippen LogP contribution in [-0.2, 0) is 0 Å². The van der Waals surface area contributed by atoms with E-state index in [9.17, 15) is 4.79 Å². The van der Waals surface area contributed by atoms with Gasteiger partial charge in [-0.05, 0) is 30.2 Å². The van der Waals surface area contributed by atoms with Crippen LogP contribution in [0.2, 0.25) is 0 Å². The van der Waals surface area contributed by atoms with Crippen LogP contribution in [0.25, 0.3) is 16.5 Å². The van der Waals surface area contributed by atoms with Crippen molar-refractivity contribution in [2.24, 2.45) is 0 Å². The molecule has 24 heavy (non-hydrogen) atoms. The Morgan fingerprint density at radius 3 is 3.00 bits per heavy atom. The second kappa shape index (κ2) is 7.13. The van der Waals surface area contributed by atoms with E-state index in [4.69, 9.17) is 4.74 Å². The highest BCUT2D eigenvalue weighted by molar-refractivity contribution is 9.11. The number of carbonyl (C=O) groups is 1. The van der Waals surface area contributed by atoms with E-state index in [1.165, 1.54) is 11.1 Å². The number of ether oxygens (including phenoxy) is 1. The number of hydrogen-bond acceptors (Lipinski definition) is 2. The Bertz CT molecular complexity index is 810. The topological polar surface area (TPSA) is 57.4 Å². The number of aromatic nitrogens is 1. The molecule has 0 saturated heterocycles. The maximum atomic E-state index is 12.1. The molecule has 3 rings (SSSR count). The highest BCUT2D eigenvalue weighted by Gasteiger charge is 2.19. The average molecular weight is 390 g/mol. The van der Waals surface area contributed by atoms with Gasteiger partial charge in [-0.25, -0.2) is 4.79 Å². The fourth-order valence-electron chi connectivity index (χ4n) is 2.87. The summed E-state index contributed by atoms with van der Waals surface area (Å²) in [4.78, 5) is 17.2. The highest BCUT2D eigenvalue weighted by atomic mass is 79.9. The molecule has 2 N–H and O–H groups in total. The van der Waals surface area contributed by atoms with Crippen LogP contribution in [-0.4, -0.2) is 42.7 Å². The molecule has 1 aliphatic heterocycles. The zero-order chi connectivity index (χ0) is 17.1. The number of halogens is 1. The van der Waals surface area contributed by atoms with E-state index >= 15 is 0 Å². The maximum Gasteiger partial charge on any atom is 0.317 e. The first-order valence-corrected chi connectivity index (χ1v) is 8.58. The van der Waals surface area contributed by atoms with Crippen LogP contribution in [0.5, 0.6) is 5.75 Å². The molecule has 2 amide bonds. The van der Waals surface area contributed by atoms with Gasteiger partial charge in [0.05, 0.1) is 13.7 Å². The summed E-state index contributed by atoms with van der Waals surface area (Å²) in [6.07, 6.45) is 4.97. The zero-order valence-corrected chi connectivity index (χ0v) is 15.1. The molecule has 0 radical (unpaired) electrons. The van der Waals surface area contributed by atoms with E-state index in [1.54, 1.807) is 12.0 Å². The minimum Gasteiger partial charge on any atom is -0.497 e. The molecule has 0 saturated carbocycles. The molecule has 2 heterocycles. The molecule has 126 valence electrons. The predicted molar refractivity (Wildman–Crippen MR) is 100 cm³/mol. The third-order valence-electron chi connectivity index (χ3n) is 4.16. The Morgan fingerprint density at radius 2 is 2.33 bits per heavy atom. The lowest BCUT2D eigenvalue weighted by atomic mass is 9.99. The number of methoxy groups -OCH3 is 1. The van der Waals surface area contributed by atoms with Gasteiger partial charge in [0, 0.05) is 40.2 Å². The van der Waals surface area contributed by atoms with Crippen LogP contribution in [0.1, 0.15) is 12.0 Å². The minimum absolute atomic E-state index is 0.0634. The van der Waals surface area contributed by atoms with Gasteiger partial charge in [-0.1, -0.05) is 28.6 Å². The highest BCUT2D eigenvalue weighted by Crippen LogP contribution is 2.31. The summed E-state index contributed by atoms with van der Waals surface area (Å²) in [5.74, 6) is 0.843. The van der Waals surface area contributed by atoms with Gasteiger partial charge in [0.15, 0.2) is 0 Å². The molecule has 0 bridgehead atoms. The molecule has 0 fully saturated rings. The molecular weight excluding hydrogens is 370 g/mol. The van der Waals surface area contributed by atoms with Gasteiger partial charge in [-0.15, -0.1) is 0 Å². The van der Waals surface area contributed by atoms with Crippen molar-refractivity contribution in [3.8, 4) is 5.75 Å². The average Bonchev–Trinajstić information content (AvgIpc) is 3.02. The lowest BCUT2D eigenvalue weighted by Crippen LogP contribution is -2.42. The number of nitrogens with zero attached hydrogens (tertiary/aromatic N) is 1. The smallest absolute Gasteiger partial charge is 0.317 e. The van der Waals surface area contributed by atoms with Crippen molar-refractivity contribution in [3.63, 3.8) is 0 Å². The lowest BCUT2D eigenvalue weighted by molar-refractivity contribution is 0.204. The number of amides is 2. The number of benzene rings is 1. The van der Waals surface area contributed by atoms with Gasteiger partial charge in [-0.2, -0.15) is 0 Å². The van der Waals surface area contributed by atoms with Crippen molar-refractivity contribution in [2.75, 3.05) is 26.7 Å². The van der Waals surface area contributed by atoms with Crippen LogP contribution in [0.4, 0.5) is 4.79 Å². The van der Waals surface area contributed by atoms with Crippen LogP contribution >= 0.6 is 15.9 Å². The van der Waals surface area contributed by atoms with Crippen LogP contribution in [0.3, 0.4) is 0 Å². The summed E-state index contributed by atoms with van der Waals surface area (Å²) in [6.45, 7) is 5.46. The number of hydrogen-bond donors (Lipinski definition) is 2. The number of urea groups is 1. The Hall–Kier alpha value is -2.21. The molecule has 1 aliphatic rings. The summed E-state index contributed by atoms with van der Waals surface area (Å²) in [5.41, 5.74) is 3.52. The Morgan fingerprint density at radius 1 is 1.50 bits per heavy atom. The number of H-pyrrole nitrogens is 1. The standard InChI is InChI=1S/C18H20BrN3O2/c1-12(19)10-21-18(23)22-7-5-13(6-8-22)16-11-20-17-4-3-14(24-2)9-15(16)17/h3-5,9,11,20H,1,6-8,10H2,2H3,(H,21,23). The summed E-state index contributed by atoms with van der Waals surface area (Å²) in [6, 6.07) is 5.95. The van der Waals surface area contributed by atoms with Crippen LogP contribution in [0, 0.1) is 0 Å². The second-order valence-electron chi connectivity index (χ2n) is 5.72. The first-order valence-electron chi connectivity index (χ1n) is 7.79. The van der Waals surface area contributed by atoms with Gasteiger partial charge >= 0.3 is 6.03 Å². The van der Waals surface area contributed by atoms with Crippen molar-refractivity contribution in [1.29, 1.82) is 0 Å². The fourth-order valence-corrected chi connectivity index (χ4v) is 3.01. The van der Waals surface area contributed by atoms with E-state index in [-0.39, 0.29) is 6.03 Å². The Kier molecular flexibility index (Phi) is 4.94. The predicted octanol–water partition coefficient (Wildman–Crippen LogP) is 3.88. The number of carbonyl (C=O) groups excluding carboxylic acids is 1. The minimum atomic E-state index is -0.0634. The molecular formula is C18H20BrN3O2. The van der Waals surface area contributed by atoms with Crippen molar-refractivity contribution < 1.29 is 9.53 Å². The van der Waals surface area contributed by atoms with E-state index in [1.807, 2.05) is 24.4 Å². The van der Waals surface area contributed by atoms with Gasteiger partial charge in [-0.3, -0.25) is 0 Å². The molecule has 0 aliphatic carbocycles. The van der Waals surface area contributed by atoms with Crippen LogP contribution in [0.15, 0.2) is 41.5 Å². The monoisotopic (exact) mass is 389 g/mol. The quantitative estimate of drug-likeness (QED) is 0.833. The maximum absolute atomic E-state index is 12.1. The number of rotatable bonds is 4. The van der Waals surface area contributed by atoms with Gasteiger partial charge < -0.3 is 19.9 Å². The molecule has 1 aromatic carbocycles. The number of nitrogens with one attached hydrogen (secondary N) is 2. The Labute approximate surface area is 149 Å². The summed E-state index contributed by atoms with van der Waals surface area (Å²) < 4.78 is 6.08. The number of aromatic amines is 1. The molecule has 6 heteroatoms. The SMILES string of the molecule is C=C(Br)CNC(=O)N1CC=C(c2c[nH]c3ccc(OC)cc23)CC1. The van der Waals surface area contributed by atoms with Crippen molar-refractivity contribution >= 4 is 38.4 Å². The van der Waals surface area contributed by atoms with Gasteiger partial charge in [0.25, 0.3) is 0 Å². The summed E-state index contributed by atoms with van der Waals surface area (Å²) >= 11 is 3.24. The largest absolute Gasteiger partial charge is 0.497 e. The van der Waals surface area contributed by atoms with Crippen molar-refractivity contribution in [2.45, 2.75) is 6.42 Å². The first-order chi connectivity index (χ1) is 11.6. The molecule has 0 atom stereocenters. The summed E-state index contributed by atoms with van der Waals surface area (Å²) in [5, 5.41) is 3.98. The van der Waals surface area contributed by atoms with Crippen LogP contribution < -0.4 is 10.1 Å². The fraction of sp³-hybridized carbons (Fsp3) is 0.278. The van der Waals surface area contributed by atoms with E-state index in [0.717, 1.165) is 27.6 Å².